The molecule has 0 spiro atoms. The molecular formula is C19H28IN5S. The number of nitrogens with zero attached hydrogens (tertiary/aromatic N) is 4. The van der Waals surface area contributed by atoms with Crippen LogP contribution in [0.5, 0.6) is 0 Å². The Labute approximate surface area is 177 Å². The van der Waals surface area contributed by atoms with E-state index in [1.54, 1.807) is 11.3 Å². The van der Waals surface area contributed by atoms with Crippen LogP contribution in [0.1, 0.15) is 22.4 Å². The Morgan fingerprint density at radius 3 is 2.54 bits per heavy atom. The van der Waals surface area contributed by atoms with E-state index < -0.39 is 0 Å². The molecule has 1 fully saturated rings. The van der Waals surface area contributed by atoms with Gasteiger partial charge in [-0.05, 0) is 12.0 Å². The molecule has 0 saturated carbocycles. The highest BCUT2D eigenvalue weighted by atomic mass is 127. The van der Waals surface area contributed by atoms with E-state index in [1.807, 2.05) is 13.2 Å². The van der Waals surface area contributed by atoms with Crippen LogP contribution in [0.4, 0.5) is 0 Å². The number of piperazine rings is 1. The van der Waals surface area contributed by atoms with Crippen LogP contribution in [-0.2, 0) is 19.5 Å². The Morgan fingerprint density at radius 1 is 1.19 bits per heavy atom. The van der Waals surface area contributed by atoms with Gasteiger partial charge < -0.3 is 10.2 Å². The minimum absolute atomic E-state index is 0. The van der Waals surface area contributed by atoms with Crippen LogP contribution >= 0.6 is 35.3 Å². The van der Waals surface area contributed by atoms with Crippen LogP contribution in [0.3, 0.4) is 0 Å². The van der Waals surface area contributed by atoms with Gasteiger partial charge in [0.15, 0.2) is 5.96 Å². The average molecular weight is 485 g/mol. The van der Waals surface area contributed by atoms with E-state index in [0.717, 1.165) is 56.7 Å². The highest BCUT2D eigenvalue weighted by molar-refractivity contribution is 14.0. The maximum absolute atomic E-state index is 4.47. The first-order valence-electron chi connectivity index (χ1n) is 8.94. The van der Waals surface area contributed by atoms with Crippen LogP contribution in [0.25, 0.3) is 0 Å². The molecule has 2 aromatic rings. The lowest BCUT2D eigenvalue weighted by atomic mass is 10.2. The molecule has 1 aliphatic rings. The molecule has 0 amide bonds. The van der Waals surface area contributed by atoms with Gasteiger partial charge in [0.1, 0.15) is 5.01 Å². The second kappa shape index (κ2) is 10.8. The molecule has 0 atom stereocenters. The van der Waals surface area contributed by atoms with Crippen LogP contribution in [-0.4, -0.2) is 54.0 Å². The van der Waals surface area contributed by atoms with E-state index in [4.69, 9.17) is 0 Å². The summed E-state index contributed by atoms with van der Waals surface area (Å²) in [5.41, 5.74) is 1.38. The van der Waals surface area contributed by atoms with Crippen molar-refractivity contribution in [2.45, 2.75) is 26.4 Å². The van der Waals surface area contributed by atoms with E-state index in [9.17, 15) is 0 Å². The summed E-state index contributed by atoms with van der Waals surface area (Å²) in [6.45, 7) is 8.08. The molecule has 1 N–H and O–H groups in total. The summed E-state index contributed by atoms with van der Waals surface area (Å²) in [6, 6.07) is 10.7. The van der Waals surface area contributed by atoms with Crippen LogP contribution in [0, 0.1) is 0 Å². The van der Waals surface area contributed by atoms with E-state index in [1.165, 1.54) is 10.4 Å². The molecule has 0 aliphatic carbocycles. The second-order valence-corrected chi connectivity index (χ2v) is 7.42. The lowest BCUT2D eigenvalue weighted by Crippen LogP contribution is -2.52. The van der Waals surface area contributed by atoms with E-state index >= 15 is 0 Å². The second-order valence-electron chi connectivity index (χ2n) is 6.22. The molecule has 0 unspecified atom stereocenters. The number of hydrogen-bond acceptors (Lipinski definition) is 4. The zero-order valence-electron chi connectivity index (χ0n) is 15.5. The Balaban J connectivity index is 0.00000243. The number of benzene rings is 1. The summed E-state index contributed by atoms with van der Waals surface area (Å²) >= 11 is 1.78. The predicted octanol–water partition coefficient (Wildman–Crippen LogP) is 3.22. The van der Waals surface area contributed by atoms with Gasteiger partial charge in [0.05, 0.1) is 6.54 Å². The third-order valence-corrected chi connectivity index (χ3v) is 5.62. The molecule has 26 heavy (non-hydrogen) atoms. The number of aryl methyl sites for hydroxylation is 1. The van der Waals surface area contributed by atoms with Crippen molar-refractivity contribution in [3.8, 4) is 0 Å². The van der Waals surface area contributed by atoms with Gasteiger partial charge in [-0.1, -0.05) is 37.3 Å². The van der Waals surface area contributed by atoms with Gasteiger partial charge in [0.25, 0.3) is 0 Å². The quantitative estimate of drug-likeness (QED) is 0.402. The molecule has 142 valence electrons. The molecule has 5 nitrogen and oxygen atoms in total. The Hall–Kier alpha value is -1.19. The molecule has 1 aromatic heterocycles. The van der Waals surface area contributed by atoms with E-state index in [-0.39, 0.29) is 24.0 Å². The monoisotopic (exact) mass is 485 g/mol. The highest BCUT2D eigenvalue weighted by Crippen LogP contribution is 2.13. The van der Waals surface area contributed by atoms with Gasteiger partial charge in [-0.3, -0.25) is 9.89 Å². The van der Waals surface area contributed by atoms with E-state index in [0.29, 0.717) is 0 Å². The fourth-order valence-corrected chi connectivity index (χ4v) is 3.84. The van der Waals surface area contributed by atoms with Crippen molar-refractivity contribution in [1.82, 2.24) is 20.1 Å². The molecule has 1 aliphatic heterocycles. The molecular weight excluding hydrogens is 457 g/mol. The smallest absolute Gasteiger partial charge is 0.194 e. The Morgan fingerprint density at radius 2 is 1.92 bits per heavy atom. The van der Waals surface area contributed by atoms with Gasteiger partial charge in [-0.15, -0.1) is 35.3 Å². The molecule has 2 heterocycles. The summed E-state index contributed by atoms with van der Waals surface area (Å²) in [6.07, 6.45) is 3.03. The van der Waals surface area contributed by atoms with Crippen molar-refractivity contribution in [3.05, 3.63) is 52.0 Å². The first-order chi connectivity index (χ1) is 12.3. The van der Waals surface area contributed by atoms with E-state index in [2.05, 4.69) is 62.3 Å². The van der Waals surface area contributed by atoms with Crippen LogP contribution < -0.4 is 5.32 Å². The van der Waals surface area contributed by atoms with Gasteiger partial charge in [0.2, 0.25) is 0 Å². The number of aliphatic imine (C=N–C) groups is 1. The topological polar surface area (TPSA) is 43.8 Å². The lowest BCUT2D eigenvalue weighted by Gasteiger charge is -2.36. The third-order valence-electron chi connectivity index (χ3n) is 4.48. The third kappa shape index (κ3) is 5.92. The van der Waals surface area contributed by atoms with Gasteiger partial charge >= 0.3 is 0 Å². The first kappa shape index (κ1) is 21.1. The van der Waals surface area contributed by atoms with Crippen molar-refractivity contribution in [1.29, 1.82) is 0 Å². The molecule has 1 aromatic carbocycles. The molecule has 0 bridgehead atoms. The number of rotatable bonds is 5. The number of guanidine groups is 1. The minimum Gasteiger partial charge on any atom is -0.350 e. The molecule has 3 rings (SSSR count). The number of nitrogens with one attached hydrogen (secondary N) is 1. The number of thiazole rings is 1. The minimum atomic E-state index is 0. The zero-order valence-corrected chi connectivity index (χ0v) is 18.7. The predicted molar refractivity (Wildman–Crippen MR) is 120 cm³/mol. The molecule has 7 heteroatoms. The highest BCUT2D eigenvalue weighted by Gasteiger charge is 2.19. The lowest BCUT2D eigenvalue weighted by molar-refractivity contribution is 0.172. The van der Waals surface area contributed by atoms with Crippen molar-refractivity contribution in [3.63, 3.8) is 0 Å². The van der Waals surface area contributed by atoms with Crippen molar-refractivity contribution >= 4 is 41.3 Å². The van der Waals surface area contributed by atoms with Crippen LogP contribution in [0.15, 0.2) is 41.5 Å². The summed E-state index contributed by atoms with van der Waals surface area (Å²) in [5.74, 6) is 0.979. The largest absolute Gasteiger partial charge is 0.350 e. The van der Waals surface area contributed by atoms with Gasteiger partial charge in [0, 0.05) is 50.8 Å². The number of halogens is 1. The molecule has 0 radical (unpaired) electrons. The Kier molecular flexibility index (Phi) is 8.80. The first-order valence-corrected chi connectivity index (χ1v) is 9.75. The summed E-state index contributed by atoms with van der Waals surface area (Å²) in [7, 11) is 1.86. The standard InChI is InChI=1S/C19H27N5S.HI/c1-3-17-13-21-18(25-17)14-22-19(20-2)24-11-9-23(10-12-24)15-16-7-5-4-6-8-16;/h4-8,13H,3,9-12,14-15H2,1-2H3,(H,20,22);1H. The van der Waals surface area contributed by atoms with Crippen molar-refractivity contribution in [2.24, 2.45) is 4.99 Å². The maximum atomic E-state index is 4.47. The average Bonchev–Trinajstić information content (AvgIpc) is 3.12. The summed E-state index contributed by atoms with van der Waals surface area (Å²) in [4.78, 5) is 15.1. The fourth-order valence-electron chi connectivity index (χ4n) is 3.04. The summed E-state index contributed by atoms with van der Waals surface area (Å²) in [5, 5.41) is 4.59. The number of aromatic nitrogens is 1. The number of hydrogen-bond donors (Lipinski definition) is 1. The van der Waals surface area contributed by atoms with Gasteiger partial charge in [-0.2, -0.15) is 0 Å². The summed E-state index contributed by atoms with van der Waals surface area (Å²) < 4.78 is 0. The van der Waals surface area contributed by atoms with Gasteiger partial charge in [-0.25, -0.2) is 4.98 Å². The maximum Gasteiger partial charge on any atom is 0.194 e. The SMILES string of the molecule is CCc1cnc(CNC(=NC)N2CCN(Cc3ccccc3)CC2)s1.I. The van der Waals surface area contributed by atoms with Crippen LogP contribution in [0.2, 0.25) is 0 Å². The molecule has 1 saturated heterocycles. The fraction of sp³-hybridized carbons (Fsp3) is 0.474. The zero-order chi connectivity index (χ0) is 17.5. The van der Waals surface area contributed by atoms with Crippen molar-refractivity contribution < 1.29 is 0 Å². The van der Waals surface area contributed by atoms with Crippen molar-refractivity contribution in [2.75, 3.05) is 33.2 Å². The Bertz CT molecular complexity index is 680. The normalized spacial score (nSPS) is 15.6.